The average molecular weight is 578 g/mol. The molecule has 0 unspecified atom stereocenters. The molecule has 0 aliphatic heterocycles. The average Bonchev–Trinajstić information content (AvgIpc) is 2.92. The van der Waals surface area contributed by atoms with E-state index in [1.54, 1.807) is 36.4 Å². The highest BCUT2D eigenvalue weighted by Crippen LogP contribution is 2.29. The molecule has 41 heavy (non-hydrogen) atoms. The minimum atomic E-state index is -4.11. The summed E-state index contributed by atoms with van der Waals surface area (Å²) in [6.07, 6.45) is 0.385. The minimum absolute atomic E-state index is 0.101. The van der Waals surface area contributed by atoms with E-state index in [-0.39, 0.29) is 23.3 Å². The number of carbonyl (C=O) groups excluding carboxylic acids is 2. The van der Waals surface area contributed by atoms with E-state index in [1.807, 2.05) is 78.8 Å². The first-order chi connectivity index (χ1) is 19.3. The number of nitrogens with one attached hydrogen (secondary N) is 1. The molecule has 3 rings (SSSR count). The number of sulfonamides is 1. The SMILES string of the molecule is CC[C@H](C(=O)NCC(C)C)N(Cc1cccc(C)c1)C(=O)CN(c1cccc(C)c1C)S(=O)(=O)c1ccc(C)cc1. The monoisotopic (exact) mass is 577 g/mol. The van der Waals surface area contributed by atoms with Crippen LogP contribution in [0.4, 0.5) is 5.69 Å². The molecule has 0 spiro atoms. The molecule has 0 saturated heterocycles. The van der Waals surface area contributed by atoms with E-state index in [9.17, 15) is 18.0 Å². The zero-order valence-electron chi connectivity index (χ0n) is 25.3. The van der Waals surface area contributed by atoms with Crippen molar-refractivity contribution in [3.05, 3.63) is 94.5 Å². The second-order valence-electron chi connectivity index (χ2n) is 11.1. The number of benzene rings is 3. The molecular weight excluding hydrogens is 534 g/mol. The fourth-order valence-corrected chi connectivity index (χ4v) is 6.18. The van der Waals surface area contributed by atoms with Crippen molar-refractivity contribution in [1.82, 2.24) is 10.2 Å². The molecule has 8 heteroatoms. The Bertz CT molecular complexity index is 1470. The molecule has 2 amide bonds. The number of carbonyl (C=O) groups is 2. The Labute approximate surface area is 245 Å². The predicted molar refractivity (Wildman–Crippen MR) is 165 cm³/mol. The van der Waals surface area contributed by atoms with E-state index >= 15 is 0 Å². The van der Waals surface area contributed by atoms with Gasteiger partial charge in [-0.15, -0.1) is 0 Å². The maximum absolute atomic E-state index is 14.2. The summed E-state index contributed by atoms with van der Waals surface area (Å²) in [5.41, 5.74) is 4.95. The third-order valence-electron chi connectivity index (χ3n) is 7.24. The third kappa shape index (κ3) is 7.97. The number of nitrogens with zero attached hydrogens (tertiary/aromatic N) is 2. The van der Waals surface area contributed by atoms with Crippen LogP contribution in [0.5, 0.6) is 0 Å². The largest absolute Gasteiger partial charge is 0.354 e. The molecule has 1 N–H and O–H groups in total. The van der Waals surface area contributed by atoms with Gasteiger partial charge < -0.3 is 10.2 Å². The molecule has 0 aliphatic carbocycles. The van der Waals surface area contributed by atoms with Gasteiger partial charge in [-0.25, -0.2) is 8.42 Å². The Balaban J connectivity index is 2.09. The molecule has 0 bridgehead atoms. The van der Waals surface area contributed by atoms with Crippen LogP contribution in [0.25, 0.3) is 0 Å². The highest BCUT2D eigenvalue weighted by Gasteiger charge is 2.34. The topological polar surface area (TPSA) is 86.8 Å². The van der Waals surface area contributed by atoms with Gasteiger partial charge in [-0.2, -0.15) is 0 Å². The lowest BCUT2D eigenvalue weighted by molar-refractivity contribution is -0.140. The molecule has 0 heterocycles. The van der Waals surface area contributed by atoms with E-state index in [4.69, 9.17) is 0 Å². The Hall–Kier alpha value is -3.65. The van der Waals surface area contributed by atoms with Crippen LogP contribution in [-0.4, -0.2) is 44.3 Å². The summed E-state index contributed by atoms with van der Waals surface area (Å²) in [5, 5.41) is 2.96. The van der Waals surface area contributed by atoms with Crippen LogP contribution in [0.2, 0.25) is 0 Å². The van der Waals surface area contributed by atoms with Crippen molar-refractivity contribution in [2.75, 3.05) is 17.4 Å². The number of anilines is 1. The standard InChI is InChI=1S/C33H43N3O4S/c1-8-30(33(38)34-20-23(2)3)35(21-28-13-9-11-25(5)19-28)32(37)22-36(31-14-10-12-26(6)27(31)7)41(39,40)29-17-15-24(4)16-18-29/h9-19,23,30H,8,20-22H2,1-7H3,(H,34,38)/t30-/m1/s1. The van der Waals surface area contributed by atoms with Crippen molar-refractivity contribution < 1.29 is 18.0 Å². The smallest absolute Gasteiger partial charge is 0.264 e. The zero-order valence-corrected chi connectivity index (χ0v) is 26.1. The first-order valence-corrected chi connectivity index (χ1v) is 15.6. The summed E-state index contributed by atoms with van der Waals surface area (Å²) in [6.45, 7) is 13.7. The van der Waals surface area contributed by atoms with Crippen molar-refractivity contribution in [2.24, 2.45) is 5.92 Å². The van der Waals surface area contributed by atoms with Gasteiger partial charge in [-0.1, -0.05) is 80.4 Å². The van der Waals surface area contributed by atoms with Crippen LogP contribution >= 0.6 is 0 Å². The summed E-state index contributed by atoms with van der Waals surface area (Å²) in [7, 11) is -4.11. The van der Waals surface area contributed by atoms with Gasteiger partial charge in [0.05, 0.1) is 10.6 Å². The maximum Gasteiger partial charge on any atom is 0.264 e. The molecule has 3 aromatic rings. The number of hydrogen-bond acceptors (Lipinski definition) is 4. The van der Waals surface area contributed by atoms with Gasteiger partial charge in [0.15, 0.2) is 0 Å². The van der Waals surface area contributed by atoms with Crippen LogP contribution in [0.3, 0.4) is 0 Å². The molecule has 0 radical (unpaired) electrons. The summed E-state index contributed by atoms with van der Waals surface area (Å²) >= 11 is 0. The van der Waals surface area contributed by atoms with E-state index < -0.39 is 28.5 Å². The molecule has 0 fully saturated rings. The normalized spacial score (nSPS) is 12.2. The lowest BCUT2D eigenvalue weighted by atomic mass is 10.1. The fourth-order valence-electron chi connectivity index (χ4n) is 4.71. The minimum Gasteiger partial charge on any atom is -0.354 e. The van der Waals surface area contributed by atoms with Gasteiger partial charge in [0.1, 0.15) is 12.6 Å². The number of amides is 2. The van der Waals surface area contributed by atoms with Gasteiger partial charge in [-0.3, -0.25) is 13.9 Å². The first kappa shape index (κ1) is 31.9. The van der Waals surface area contributed by atoms with Crippen LogP contribution < -0.4 is 9.62 Å². The summed E-state index contributed by atoms with van der Waals surface area (Å²) in [5.74, 6) is -0.451. The highest BCUT2D eigenvalue weighted by molar-refractivity contribution is 7.92. The second-order valence-corrected chi connectivity index (χ2v) is 13.0. The number of hydrogen-bond donors (Lipinski definition) is 1. The van der Waals surface area contributed by atoms with Crippen molar-refractivity contribution in [1.29, 1.82) is 0 Å². The summed E-state index contributed by atoms with van der Waals surface area (Å²) < 4.78 is 29.4. The van der Waals surface area contributed by atoms with Gasteiger partial charge in [0, 0.05) is 13.1 Å². The van der Waals surface area contributed by atoms with Gasteiger partial charge in [0.25, 0.3) is 10.0 Å². The van der Waals surface area contributed by atoms with Crippen LogP contribution in [0.15, 0.2) is 71.6 Å². The first-order valence-electron chi connectivity index (χ1n) is 14.1. The van der Waals surface area contributed by atoms with Crippen LogP contribution in [-0.2, 0) is 26.2 Å². The van der Waals surface area contributed by atoms with Gasteiger partial charge >= 0.3 is 0 Å². The molecule has 0 saturated carbocycles. The lowest BCUT2D eigenvalue weighted by Crippen LogP contribution is -2.52. The predicted octanol–water partition coefficient (Wildman–Crippen LogP) is 5.70. The van der Waals surface area contributed by atoms with Gasteiger partial charge in [0.2, 0.25) is 11.8 Å². The summed E-state index contributed by atoms with van der Waals surface area (Å²) in [6, 6.07) is 19.0. The lowest BCUT2D eigenvalue weighted by Gasteiger charge is -2.34. The molecular formula is C33H43N3O4S. The maximum atomic E-state index is 14.2. The molecule has 0 aliphatic rings. The Morgan fingerprint density at radius 3 is 2.15 bits per heavy atom. The van der Waals surface area contributed by atoms with Crippen LogP contribution in [0.1, 0.15) is 55.0 Å². The molecule has 7 nitrogen and oxygen atoms in total. The molecule has 3 aromatic carbocycles. The number of aryl methyl sites for hydroxylation is 3. The van der Waals surface area contributed by atoms with E-state index in [2.05, 4.69) is 5.32 Å². The highest BCUT2D eigenvalue weighted by atomic mass is 32.2. The number of rotatable bonds is 12. The Morgan fingerprint density at radius 1 is 0.878 bits per heavy atom. The molecule has 220 valence electrons. The van der Waals surface area contributed by atoms with Crippen molar-refractivity contribution >= 4 is 27.5 Å². The fraction of sp³-hybridized carbons (Fsp3) is 0.394. The molecule has 0 aromatic heterocycles. The molecule has 1 atom stereocenters. The van der Waals surface area contributed by atoms with Crippen molar-refractivity contribution in [3.8, 4) is 0 Å². The Morgan fingerprint density at radius 2 is 1.54 bits per heavy atom. The zero-order chi connectivity index (χ0) is 30.3. The van der Waals surface area contributed by atoms with Gasteiger partial charge in [-0.05, 0) is 74.9 Å². The summed E-state index contributed by atoms with van der Waals surface area (Å²) in [4.78, 5) is 29.2. The van der Waals surface area contributed by atoms with Crippen molar-refractivity contribution in [3.63, 3.8) is 0 Å². The third-order valence-corrected chi connectivity index (χ3v) is 9.01. The second kappa shape index (κ2) is 13.8. The van der Waals surface area contributed by atoms with E-state index in [1.165, 1.54) is 9.21 Å². The van der Waals surface area contributed by atoms with Crippen LogP contribution in [0, 0.1) is 33.6 Å². The quantitative estimate of drug-likeness (QED) is 0.299. The Kier molecular flexibility index (Phi) is 10.7. The van der Waals surface area contributed by atoms with E-state index in [0.717, 1.165) is 27.8 Å². The van der Waals surface area contributed by atoms with Crippen molar-refractivity contribution in [2.45, 2.75) is 72.4 Å². The van der Waals surface area contributed by atoms with E-state index in [0.29, 0.717) is 18.7 Å².